The number of hydrogen-bond donors (Lipinski definition) is 2. The van der Waals surface area contributed by atoms with E-state index in [1.165, 1.54) is 11.1 Å². The third-order valence-corrected chi connectivity index (χ3v) is 7.21. The lowest BCUT2D eigenvalue weighted by molar-refractivity contribution is -0.150. The van der Waals surface area contributed by atoms with Gasteiger partial charge in [-0.25, -0.2) is 0 Å². The molecule has 2 aliphatic carbocycles. The predicted octanol–water partition coefficient (Wildman–Crippen LogP) is 3.93. The summed E-state index contributed by atoms with van der Waals surface area (Å²) in [7, 11) is 0. The highest BCUT2D eigenvalue weighted by Gasteiger charge is 2.62. The van der Waals surface area contributed by atoms with Gasteiger partial charge in [0.05, 0.1) is 5.41 Å². The van der Waals surface area contributed by atoms with Gasteiger partial charge in [-0.2, -0.15) is 0 Å². The summed E-state index contributed by atoms with van der Waals surface area (Å²) in [5, 5.41) is 13.1. The highest BCUT2D eigenvalue weighted by molar-refractivity contribution is 5.84. The molecule has 1 aromatic carbocycles. The van der Waals surface area contributed by atoms with Gasteiger partial charge in [0.25, 0.3) is 0 Å². The van der Waals surface area contributed by atoms with Crippen molar-refractivity contribution in [3.63, 3.8) is 0 Å². The van der Waals surface area contributed by atoms with Crippen LogP contribution in [0.2, 0.25) is 0 Å². The molecule has 3 atom stereocenters. The van der Waals surface area contributed by atoms with Crippen molar-refractivity contribution in [2.75, 3.05) is 6.54 Å². The van der Waals surface area contributed by atoms with Gasteiger partial charge < -0.3 is 10.4 Å². The van der Waals surface area contributed by atoms with Crippen LogP contribution in [0.3, 0.4) is 0 Å². The van der Waals surface area contributed by atoms with Crippen molar-refractivity contribution < 1.29 is 9.90 Å². The van der Waals surface area contributed by atoms with E-state index in [9.17, 15) is 9.90 Å². The van der Waals surface area contributed by atoms with E-state index in [0.717, 1.165) is 32.1 Å². The van der Waals surface area contributed by atoms with Gasteiger partial charge in [-0.3, -0.25) is 4.79 Å². The van der Waals surface area contributed by atoms with Crippen molar-refractivity contribution in [1.29, 1.82) is 0 Å². The third-order valence-electron chi connectivity index (χ3n) is 7.21. The molecule has 3 nitrogen and oxygen atoms in total. The molecule has 1 fully saturated rings. The van der Waals surface area contributed by atoms with Crippen LogP contribution >= 0.6 is 0 Å². The molecule has 0 saturated heterocycles. The maximum Gasteiger partial charge on any atom is 0.226 e. The smallest absolute Gasteiger partial charge is 0.226 e. The second kappa shape index (κ2) is 5.25. The van der Waals surface area contributed by atoms with Crippen LogP contribution < -0.4 is 5.32 Å². The standard InChI is InChI=1S/C20H29NO2/c1-5-21-17(23)19(3)11-6-10-18(2)16-13-15(22)8-7-14(16)9-12-20(18,19)4/h7-8,13,22H,5-6,9-12H2,1-4H3,(H,21,23)/t18-,19-,20-/m1/s1. The molecule has 0 aliphatic heterocycles. The monoisotopic (exact) mass is 315 g/mol. The van der Waals surface area contributed by atoms with Gasteiger partial charge >= 0.3 is 0 Å². The number of carbonyl (C=O) groups excluding carboxylic acids is 1. The molecule has 3 rings (SSSR count). The lowest BCUT2D eigenvalue weighted by Gasteiger charge is -2.62. The molecule has 0 unspecified atom stereocenters. The number of nitrogens with one attached hydrogen (secondary N) is 1. The highest BCUT2D eigenvalue weighted by Crippen LogP contribution is 2.65. The fourth-order valence-electron chi connectivity index (χ4n) is 5.34. The van der Waals surface area contributed by atoms with Gasteiger partial charge in [0.1, 0.15) is 5.75 Å². The first-order chi connectivity index (χ1) is 10.8. The van der Waals surface area contributed by atoms with Crippen LogP contribution in [0.4, 0.5) is 0 Å². The minimum Gasteiger partial charge on any atom is -0.508 e. The topological polar surface area (TPSA) is 49.3 Å². The van der Waals surface area contributed by atoms with Crippen LogP contribution in [0.5, 0.6) is 5.75 Å². The number of rotatable bonds is 2. The minimum atomic E-state index is -0.362. The summed E-state index contributed by atoms with van der Waals surface area (Å²) in [6, 6.07) is 5.79. The van der Waals surface area contributed by atoms with Gasteiger partial charge in [0.15, 0.2) is 0 Å². The Hall–Kier alpha value is -1.51. The average Bonchev–Trinajstić information content (AvgIpc) is 2.51. The largest absolute Gasteiger partial charge is 0.508 e. The van der Waals surface area contributed by atoms with Crippen molar-refractivity contribution in [2.24, 2.45) is 10.8 Å². The zero-order valence-electron chi connectivity index (χ0n) is 14.8. The number of hydrogen-bond acceptors (Lipinski definition) is 2. The summed E-state index contributed by atoms with van der Waals surface area (Å²) >= 11 is 0. The Morgan fingerprint density at radius 3 is 2.65 bits per heavy atom. The molecule has 1 aromatic rings. The van der Waals surface area contributed by atoms with Gasteiger partial charge in [-0.05, 0) is 66.7 Å². The van der Waals surface area contributed by atoms with Gasteiger partial charge in [-0.15, -0.1) is 0 Å². The number of phenolic OH excluding ortho intramolecular Hbond substituents is 1. The second-order valence-corrected chi connectivity index (χ2v) is 8.05. The van der Waals surface area contributed by atoms with E-state index in [0.29, 0.717) is 12.3 Å². The maximum atomic E-state index is 12.9. The Morgan fingerprint density at radius 1 is 1.22 bits per heavy atom. The number of fused-ring (bicyclic) bond motifs is 3. The lowest BCUT2D eigenvalue weighted by atomic mass is 9.41. The van der Waals surface area contributed by atoms with Gasteiger partial charge in [0, 0.05) is 6.54 Å². The summed E-state index contributed by atoms with van der Waals surface area (Å²) in [5.74, 6) is 0.525. The molecule has 2 N–H and O–H groups in total. The fourth-order valence-corrected chi connectivity index (χ4v) is 5.34. The van der Waals surface area contributed by atoms with Crippen LogP contribution in [-0.2, 0) is 16.6 Å². The van der Waals surface area contributed by atoms with Crippen LogP contribution in [0.25, 0.3) is 0 Å². The van der Waals surface area contributed by atoms with Crippen molar-refractivity contribution in [3.05, 3.63) is 29.3 Å². The van der Waals surface area contributed by atoms with E-state index in [2.05, 4.69) is 32.2 Å². The Bertz CT molecular complexity index is 641. The lowest BCUT2D eigenvalue weighted by Crippen LogP contribution is -2.62. The van der Waals surface area contributed by atoms with Crippen LogP contribution in [-0.4, -0.2) is 17.6 Å². The van der Waals surface area contributed by atoms with E-state index in [4.69, 9.17) is 0 Å². The summed E-state index contributed by atoms with van der Waals surface area (Å²) in [6.45, 7) is 9.43. The number of aryl methyl sites for hydroxylation is 1. The van der Waals surface area contributed by atoms with E-state index < -0.39 is 0 Å². The molecule has 0 heterocycles. The van der Waals surface area contributed by atoms with Crippen molar-refractivity contribution in [2.45, 2.75) is 65.2 Å². The molecular formula is C20H29NO2. The zero-order valence-corrected chi connectivity index (χ0v) is 14.8. The summed E-state index contributed by atoms with van der Waals surface area (Å²) in [4.78, 5) is 12.9. The molecule has 23 heavy (non-hydrogen) atoms. The summed E-state index contributed by atoms with van der Waals surface area (Å²) in [6.07, 6.45) is 5.08. The molecule has 0 spiro atoms. The molecule has 126 valence electrons. The van der Waals surface area contributed by atoms with E-state index >= 15 is 0 Å². The Balaban J connectivity index is 2.15. The Morgan fingerprint density at radius 2 is 1.96 bits per heavy atom. The SMILES string of the molecule is CCNC(=O)[C@@]1(C)CCC[C@]2(C)c3cc(O)ccc3CC[C@@]12C. The number of amides is 1. The number of carbonyl (C=O) groups is 1. The van der Waals surface area contributed by atoms with E-state index in [-0.39, 0.29) is 22.2 Å². The molecule has 1 saturated carbocycles. The summed E-state index contributed by atoms with van der Waals surface area (Å²) < 4.78 is 0. The molecule has 0 aromatic heterocycles. The minimum absolute atomic E-state index is 0.0720. The van der Waals surface area contributed by atoms with Crippen molar-refractivity contribution in [3.8, 4) is 5.75 Å². The second-order valence-electron chi connectivity index (χ2n) is 8.05. The van der Waals surface area contributed by atoms with Crippen molar-refractivity contribution in [1.82, 2.24) is 5.32 Å². The van der Waals surface area contributed by atoms with Crippen molar-refractivity contribution >= 4 is 5.91 Å². The first-order valence-electron chi connectivity index (χ1n) is 8.89. The normalized spacial score (nSPS) is 36.0. The number of benzene rings is 1. The van der Waals surface area contributed by atoms with E-state index in [1.807, 2.05) is 13.0 Å². The quantitative estimate of drug-likeness (QED) is 0.869. The molecule has 3 heteroatoms. The Kier molecular flexibility index (Phi) is 3.74. The van der Waals surface area contributed by atoms with Crippen LogP contribution in [0.1, 0.15) is 64.5 Å². The molecule has 0 bridgehead atoms. The third kappa shape index (κ3) is 2.05. The van der Waals surface area contributed by atoms with Gasteiger partial charge in [-0.1, -0.05) is 33.3 Å². The Labute approximate surface area is 139 Å². The molecule has 0 radical (unpaired) electrons. The zero-order chi connectivity index (χ0) is 16.9. The first kappa shape index (κ1) is 16.4. The van der Waals surface area contributed by atoms with Crippen LogP contribution in [0.15, 0.2) is 18.2 Å². The molecule has 1 amide bonds. The van der Waals surface area contributed by atoms with E-state index in [1.54, 1.807) is 6.07 Å². The highest BCUT2D eigenvalue weighted by atomic mass is 16.3. The summed E-state index contributed by atoms with van der Waals surface area (Å²) in [5.41, 5.74) is 2.05. The van der Waals surface area contributed by atoms with Crippen LogP contribution in [0, 0.1) is 10.8 Å². The molecular weight excluding hydrogens is 286 g/mol. The maximum absolute atomic E-state index is 12.9. The molecule has 2 aliphatic rings. The fraction of sp³-hybridized carbons (Fsp3) is 0.650. The average molecular weight is 315 g/mol. The number of phenols is 1. The van der Waals surface area contributed by atoms with Gasteiger partial charge in [0.2, 0.25) is 5.91 Å². The predicted molar refractivity (Wildman–Crippen MR) is 92.5 cm³/mol. The first-order valence-corrected chi connectivity index (χ1v) is 8.89. The number of aromatic hydroxyl groups is 1.